The van der Waals surface area contributed by atoms with Crippen LogP contribution in [0.2, 0.25) is 5.02 Å². The van der Waals surface area contributed by atoms with Crippen molar-refractivity contribution in [2.45, 2.75) is 13.0 Å². The molecule has 1 amide bonds. The molecule has 0 saturated carbocycles. The molecule has 27 heavy (non-hydrogen) atoms. The van der Waals surface area contributed by atoms with Gasteiger partial charge in [0.1, 0.15) is 11.9 Å². The van der Waals surface area contributed by atoms with Gasteiger partial charge in [-0.15, -0.1) is 0 Å². The predicted molar refractivity (Wildman–Crippen MR) is 98.8 cm³/mol. The van der Waals surface area contributed by atoms with Crippen LogP contribution in [0.4, 0.5) is 16.0 Å². The minimum Gasteiger partial charge on any atom is -0.326 e. The quantitative estimate of drug-likeness (QED) is 0.723. The zero-order valence-electron chi connectivity index (χ0n) is 14.1. The van der Waals surface area contributed by atoms with E-state index in [4.69, 9.17) is 11.6 Å². The van der Waals surface area contributed by atoms with Crippen molar-refractivity contribution in [2.24, 2.45) is 0 Å². The van der Waals surface area contributed by atoms with Gasteiger partial charge in [-0.25, -0.2) is 4.39 Å². The zero-order valence-corrected chi connectivity index (χ0v) is 14.9. The summed E-state index contributed by atoms with van der Waals surface area (Å²) >= 11 is 5.89. The number of anilines is 2. The number of nitrogens with one attached hydrogen (secondary N) is 2. The van der Waals surface area contributed by atoms with Crippen molar-refractivity contribution in [3.8, 4) is 0 Å². The van der Waals surface area contributed by atoms with Crippen molar-refractivity contribution in [1.82, 2.24) is 20.2 Å². The van der Waals surface area contributed by atoms with Gasteiger partial charge in [-0.3, -0.25) is 4.79 Å². The van der Waals surface area contributed by atoms with Gasteiger partial charge < -0.3 is 10.6 Å². The number of fused-ring (bicyclic) bond motifs is 1. The van der Waals surface area contributed by atoms with E-state index in [2.05, 4.69) is 26.2 Å². The Morgan fingerprint density at radius 3 is 2.78 bits per heavy atom. The van der Waals surface area contributed by atoms with Gasteiger partial charge in [0.25, 0.3) is 5.91 Å². The van der Waals surface area contributed by atoms with Gasteiger partial charge in [-0.2, -0.15) is 4.68 Å². The number of amides is 1. The van der Waals surface area contributed by atoms with Crippen molar-refractivity contribution in [2.75, 3.05) is 10.6 Å². The van der Waals surface area contributed by atoms with Gasteiger partial charge in [0, 0.05) is 16.4 Å². The fourth-order valence-electron chi connectivity index (χ4n) is 3.02. The SMILES string of the molecule is CC1=C(C(=O)Nc2ccc(Cl)cc2)[C@H](c2cccc(F)c2)n2nnnc2N1. The lowest BCUT2D eigenvalue weighted by atomic mass is 9.95. The highest BCUT2D eigenvalue weighted by molar-refractivity contribution is 6.30. The minimum atomic E-state index is -0.667. The summed E-state index contributed by atoms with van der Waals surface area (Å²) in [6, 6.07) is 12.1. The first-order chi connectivity index (χ1) is 13.0. The van der Waals surface area contributed by atoms with Crippen molar-refractivity contribution in [3.63, 3.8) is 0 Å². The number of nitrogens with zero attached hydrogens (tertiary/aromatic N) is 4. The molecule has 0 unspecified atom stereocenters. The topological polar surface area (TPSA) is 84.7 Å². The molecule has 1 aliphatic heterocycles. The molecule has 7 nitrogen and oxygen atoms in total. The highest BCUT2D eigenvalue weighted by Crippen LogP contribution is 2.35. The molecule has 3 aromatic rings. The molecule has 0 saturated heterocycles. The third kappa shape index (κ3) is 3.26. The molecule has 0 aliphatic carbocycles. The van der Waals surface area contributed by atoms with Crippen LogP contribution in [0, 0.1) is 5.82 Å². The van der Waals surface area contributed by atoms with Crippen LogP contribution in [-0.4, -0.2) is 26.1 Å². The van der Waals surface area contributed by atoms with E-state index in [1.54, 1.807) is 43.3 Å². The van der Waals surface area contributed by atoms with Crippen LogP contribution in [0.15, 0.2) is 59.8 Å². The predicted octanol–water partition coefficient (Wildman–Crippen LogP) is 3.39. The first-order valence-electron chi connectivity index (χ1n) is 8.11. The van der Waals surface area contributed by atoms with Crippen molar-refractivity contribution < 1.29 is 9.18 Å². The Kier molecular flexibility index (Phi) is 4.33. The second kappa shape index (κ2) is 6.81. The van der Waals surface area contributed by atoms with Gasteiger partial charge in [-0.05, 0) is 59.3 Å². The number of halogens is 2. The molecular formula is C18H14ClFN6O. The smallest absolute Gasteiger partial charge is 0.255 e. The Labute approximate surface area is 158 Å². The number of hydrogen-bond acceptors (Lipinski definition) is 5. The molecule has 0 fully saturated rings. The normalized spacial score (nSPS) is 15.9. The van der Waals surface area contributed by atoms with E-state index in [9.17, 15) is 9.18 Å². The van der Waals surface area contributed by atoms with E-state index in [0.29, 0.717) is 33.5 Å². The van der Waals surface area contributed by atoms with Crippen LogP contribution in [0.5, 0.6) is 0 Å². The molecule has 2 aromatic carbocycles. The van der Waals surface area contributed by atoms with Gasteiger partial charge in [-0.1, -0.05) is 28.8 Å². The standard InChI is InChI=1S/C18H14ClFN6O/c1-10-15(17(27)22-14-7-5-12(19)6-8-14)16(11-3-2-4-13(20)9-11)26-18(21-10)23-24-25-26/h2-9,16H,1H3,(H,22,27)(H,21,23,25)/t16-/m0/s1. The summed E-state index contributed by atoms with van der Waals surface area (Å²) in [6.45, 7) is 1.75. The van der Waals surface area contributed by atoms with Crippen LogP contribution in [0.3, 0.4) is 0 Å². The van der Waals surface area contributed by atoms with Gasteiger partial charge >= 0.3 is 0 Å². The van der Waals surface area contributed by atoms with E-state index in [-0.39, 0.29) is 5.91 Å². The second-order valence-electron chi connectivity index (χ2n) is 6.03. The molecule has 0 radical (unpaired) electrons. The van der Waals surface area contributed by atoms with E-state index in [0.717, 1.165) is 0 Å². The number of allylic oxidation sites excluding steroid dienone is 1. The van der Waals surface area contributed by atoms with Gasteiger partial charge in [0.15, 0.2) is 0 Å². The first kappa shape index (κ1) is 17.2. The Hall–Kier alpha value is -3.26. The maximum atomic E-state index is 13.8. The maximum Gasteiger partial charge on any atom is 0.255 e. The molecule has 4 rings (SSSR count). The van der Waals surface area contributed by atoms with Crippen molar-refractivity contribution in [1.29, 1.82) is 0 Å². The molecule has 1 atom stereocenters. The van der Waals surface area contributed by atoms with Gasteiger partial charge in [0.2, 0.25) is 5.95 Å². The van der Waals surface area contributed by atoms with Gasteiger partial charge in [0.05, 0.1) is 5.57 Å². The Morgan fingerprint density at radius 1 is 1.26 bits per heavy atom. The lowest BCUT2D eigenvalue weighted by molar-refractivity contribution is -0.113. The largest absolute Gasteiger partial charge is 0.326 e. The van der Waals surface area contributed by atoms with Crippen molar-refractivity contribution >= 4 is 29.1 Å². The second-order valence-corrected chi connectivity index (χ2v) is 6.47. The summed E-state index contributed by atoms with van der Waals surface area (Å²) < 4.78 is 15.3. The highest BCUT2D eigenvalue weighted by Gasteiger charge is 2.34. The molecule has 1 aliphatic rings. The Morgan fingerprint density at radius 2 is 2.04 bits per heavy atom. The molecular weight excluding hydrogens is 371 g/mol. The molecule has 9 heteroatoms. The third-order valence-corrected chi connectivity index (χ3v) is 4.48. The van der Waals surface area contributed by atoms with Crippen LogP contribution in [0.25, 0.3) is 0 Å². The summed E-state index contributed by atoms with van der Waals surface area (Å²) in [5.41, 5.74) is 2.12. The number of benzene rings is 2. The molecule has 136 valence electrons. The average molecular weight is 385 g/mol. The van der Waals surface area contributed by atoms with Crippen LogP contribution in [-0.2, 0) is 4.79 Å². The number of tetrazole rings is 1. The van der Waals surface area contributed by atoms with E-state index in [1.165, 1.54) is 16.8 Å². The van der Waals surface area contributed by atoms with Crippen molar-refractivity contribution in [3.05, 3.63) is 76.2 Å². The fourth-order valence-corrected chi connectivity index (χ4v) is 3.15. The monoisotopic (exact) mass is 384 g/mol. The molecule has 2 heterocycles. The van der Waals surface area contributed by atoms with Crippen LogP contribution < -0.4 is 10.6 Å². The molecule has 1 aromatic heterocycles. The summed E-state index contributed by atoms with van der Waals surface area (Å²) in [7, 11) is 0. The summed E-state index contributed by atoms with van der Waals surface area (Å²) in [6.07, 6.45) is 0. The number of aromatic nitrogens is 4. The number of carbonyl (C=O) groups is 1. The molecule has 2 N–H and O–H groups in total. The Balaban J connectivity index is 1.76. The summed E-state index contributed by atoms with van der Waals surface area (Å²) in [4.78, 5) is 13.0. The molecule has 0 bridgehead atoms. The zero-order chi connectivity index (χ0) is 19.0. The Bertz CT molecular complexity index is 1050. The maximum absolute atomic E-state index is 13.8. The summed E-state index contributed by atoms with van der Waals surface area (Å²) in [5, 5.41) is 18.0. The minimum absolute atomic E-state index is 0.349. The van der Waals surface area contributed by atoms with E-state index < -0.39 is 11.9 Å². The highest BCUT2D eigenvalue weighted by atomic mass is 35.5. The third-order valence-electron chi connectivity index (χ3n) is 4.23. The number of rotatable bonds is 3. The van der Waals surface area contributed by atoms with E-state index in [1.807, 2.05) is 0 Å². The first-order valence-corrected chi connectivity index (χ1v) is 8.49. The fraction of sp³-hybridized carbons (Fsp3) is 0.111. The summed E-state index contributed by atoms with van der Waals surface area (Å²) in [5.74, 6) is -0.377. The van der Waals surface area contributed by atoms with Crippen LogP contribution in [0.1, 0.15) is 18.5 Å². The van der Waals surface area contributed by atoms with E-state index >= 15 is 0 Å². The molecule has 0 spiro atoms. The van der Waals surface area contributed by atoms with Crippen LogP contribution >= 0.6 is 11.6 Å². The lowest BCUT2D eigenvalue weighted by Gasteiger charge is -2.28. The number of carbonyl (C=O) groups excluding carboxylic acids is 1. The number of hydrogen-bond donors (Lipinski definition) is 2. The average Bonchev–Trinajstić information content (AvgIpc) is 3.10. The lowest BCUT2D eigenvalue weighted by Crippen LogP contribution is -2.31.